The molecule has 0 aliphatic rings. The Morgan fingerprint density at radius 2 is 1.54 bits per heavy atom. The zero-order valence-corrected chi connectivity index (χ0v) is 28.7. The lowest BCUT2D eigenvalue weighted by molar-refractivity contribution is 0.248. The second-order valence-electron chi connectivity index (χ2n) is 11.7. The highest BCUT2D eigenvalue weighted by molar-refractivity contribution is 6.39. The number of halogens is 2. The van der Waals surface area contributed by atoms with E-state index < -0.39 is 0 Å². The van der Waals surface area contributed by atoms with E-state index in [-0.39, 0.29) is 6.61 Å². The number of aromatic nitrogens is 3. The van der Waals surface area contributed by atoms with Crippen LogP contribution in [0.3, 0.4) is 0 Å². The SMILES string of the molecule is CCN(CC)CCCOc1ccc(-n2cc(-c3ccc(OCc4onc(-c5c(Cl)cccc5Cl)c4C)cc3)nc2CC(C)C)cc1. The van der Waals surface area contributed by atoms with Crippen LogP contribution in [0.1, 0.15) is 51.3 Å². The third-order valence-electron chi connectivity index (χ3n) is 8.01. The third kappa shape index (κ3) is 8.13. The molecule has 0 saturated carbocycles. The van der Waals surface area contributed by atoms with Crippen LogP contribution >= 0.6 is 23.2 Å². The molecule has 5 rings (SSSR count). The van der Waals surface area contributed by atoms with Crippen molar-refractivity contribution in [1.82, 2.24) is 19.6 Å². The van der Waals surface area contributed by atoms with Gasteiger partial charge < -0.3 is 23.5 Å². The fourth-order valence-corrected chi connectivity index (χ4v) is 5.92. The van der Waals surface area contributed by atoms with Gasteiger partial charge in [0.15, 0.2) is 5.76 Å². The molecule has 0 bridgehead atoms. The Morgan fingerprint density at radius 1 is 0.891 bits per heavy atom. The Hall–Kier alpha value is -3.78. The highest BCUT2D eigenvalue weighted by atomic mass is 35.5. The van der Waals surface area contributed by atoms with Crippen molar-refractivity contribution in [3.05, 3.63) is 100 Å². The summed E-state index contributed by atoms with van der Waals surface area (Å²) >= 11 is 12.8. The Balaban J connectivity index is 1.25. The summed E-state index contributed by atoms with van der Waals surface area (Å²) in [6.07, 6.45) is 3.98. The van der Waals surface area contributed by atoms with Crippen molar-refractivity contribution in [1.29, 1.82) is 0 Å². The molecule has 46 heavy (non-hydrogen) atoms. The van der Waals surface area contributed by atoms with Crippen LogP contribution in [-0.2, 0) is 13.0 Å². The van der Waals surface area contributed by atoms with Gasteiger partial charge in [0.05, 0.1) is 22.3 Å². The third-order valence-corrected chi connectivity index (χ3v) is 8.64. The first-order valence-corrected chi connectivity index (χ1v) is 16.7. The molecule has 0 fully saturated rings. The number of hydrogen-bond acceptors (Lipinski definition) is 6. The maximum Gasteiger partial charge on any atom is 0.177 e. The Labute approximate surface area is 282 Å². The van der Waals surface area contributed by atoms with Crippen molar-refractivity contribution in [3.8, 4) is 39.7 Å². The standard InChI is InChI=1S/C37H42Cl2N4O3/c1-6-42(7-2)20-9-21-44-29-18-14-28(15-19-29)43-23-33(40-35(43)22-25(3)4)27-12-16-30(17-13-27)45-24-34-26(5)37(41-46-34)36-31(38)10-8-11-32(36)39/h8,10-19,23,25H,6-7,9,20-22,24H2,1-5H3. The molecule has 3 aromatic carbocycles. The summed E-state index contributed by atoms with van der Waals surface area (Å²) in [7, 11) is 0. The van der Waals surface area contributed by atoms with Gasteiger partial charge in [-0.25, -0.2) is 4.98 Å². The molecule has 0 N–H and O–H groups in total. The molecule has 0 amide bonds. The van der Waals surface area contributed by atoms with E-state index in [0.717, 1.165) is 66.6 Å². The van der Waals surface area contributed by atoms with Crippen LogP contribution in [0.15, 0.2) is 77.4 Å². The second kappa shape index (κ2) is 15.7. The van der Waals surface area contributed by atoms with E-state index in [0.29, 0.717) is 45.3 Å². The minimum Gasteiger partial charge on any atom is -0.494 e. The molecule has 0 saturated heterocycles. The summed E-state index contributed by atoms with van der Waals surface area (Å²) < 4.78 is 19.9. The number of nitrogens with zero attached hydrogens (tertiary/aromatic N) is 4. The largest absolute Gasteiger partial charge is 0.494 e. The van der Waals surface area contributed by atoms with Crippen LogP contribution in [0.4, 0.5) is 0 Å². The minimum atomic E-state index is 0.225. The van der Waals surface area contributed by atoms with Crippen molar-refractivity contribution in [3.63, 3.8) is 0 Å². The predicted octanol–water partition coefficient (Wildman–Crippen LogP) is 9.70. The summed E-state index contributed by atoms with van der Waals surface area (Å²) in [5, 5.41) is 5.26. The van der Waals surface area contributed by atoms with E-state index in [9.17, 15) is 0 Å². The number of imidazole rings is 1. The normalized spacial score (nSPS) is 11.5. The summed E-state index contributed by atoms with van der Waals surface area (Å²) in [6, 6.07) is 21.6. The molecular weight excluding hydrogens is 619 g/mol. The average molecular weight is 662 g/mol. The number of hydrogen-bond donors (Lipinski definition) is 0. The first-order valence-electron chi connectivity index (χ1n) is 15.9. The van der Waals surface area contributed by atoms with Gasteiger partial charge >= 0.3 is 0 Å². The maximum atomic E-state index is 6.39. The molecule has 0 aliphatic carbocycles. The van der Waals surface area contributed by atoms with Gasteiger partial charge in [-0.1, -0.05) is 62.1 Å². The van der Waals surface area contributed by atoms with E-state index in [1.807, 2.05) is 43.3 Å². The molecule has 7 nitrogen and oxygen atoms in total. The summed E-state index contributed by atoms with van der Waals surface area (Å²) in [5.41, 5.74) is 5.09. The predicted molar refractivity (Wildman–Crippen MR) is 186 cm³/mol. The Morgan fingerprint density at radius 3 is 2.20 bits per heavy atom. The molecule has 0 aliphatic heterocycles. The lowest BCUT2D eigenvalue weighted by atomic mass is 10.1. The number of benzene rings is 3. The van der Waals surface area contributed by atoms with Gasteiger partial charge in [-0.2, -0.15) is 0 Å². The van der Waals surface area contributed by atoms with E-state index >= 15 is 0 Å². The van der Waals surface area contributed by atoms with Gasteiger partial charge in [0.25, 0.3) is 0 Å². The van der Waals surface area contributed by atoms with Crippen LogP contribution in [0.25, 0.3) is 28.2 Å². The van der Waals surface area contributed by atoms with E-state index in [2.05, 4.69) is 60.6 Å². The fraction of sp³-hybridized carbons (Fsp3) is 0.351. The van der Waals surface area contributed by atoms with Crippen LogP contribution in [-0.4, -0.2) is 45.8 Å². The second-order valence-corrected chi connectivity index (χ2v) is 12.5. The summed E-state index contributed by atoms with van der Waals surface area (Å²) in [5.74, 6) is 3.70. The zero-order chi connectivity index (χ0) is 32.6. The van der Waals surface area contributed by atoms with E-state index in [4.69, 9.17) is 42.2 Å². The van der Waals surface area contributed by atoms with Crippen molar-refractivity contribution in [2.24, 2.45) is 5.92 Å². The Bertz CT molecular complexity index is 1690. The van der Waals surface area contributed by atoms with Crippen LogP contribution in [0, 0.1) is 12.8 Å². The van der Waals surface area contributed by atoms with Gasteiger partial charge in [0.2, 0.25) is 0 Å². The highest BCUT2D eigenvalue weighted by Crippen LogP contribution is 2.37. The van der Waals surface area contributed by atoms with Crippen LogP contribution in [0.2, 0.25) is 10.0 Å². The summed E-state index contributed by atoms with van der Waals surface area (Å²) in [6.45, 7) is 14.9. The lowest BCUT2D eigenvalue weighted by Gasteiger charge is -2.17. The minimum absolute atomic E-state index is 0.225. The number of rotatable bonds is 15. The quantitative estimate of drug-likeness (QED) is 0.104. The molecule has 2 heterocycles. The molecule has 0 unspecified atom stereocenters. The fourth-order valence-electron chi connectivity index (χ4n) is 5.34. The molecular formula is C37H42Cl2N4O3. The van der Waals surface area contributed by atoms with Crippen molar-refractivity contribution in [2.45, 2.75) is 54.1 Å². The van der Waals surface area contributed by atoms with E-state index in [1.54, 1.807) is 18.2 Å². The molecule has 0 spiro atoms. The highest BCUT2D eigenvalue weighted by Gasteiger charge is 2.19. The molecule has 9 heteroatoms. The lowest BCUT2D eigenvalue weighted by Crippen LogP contribution is -2.25. The van der Waals surface area contributed by atoms with Gasteiger partial charge in [-0.05, 0) is 93.0 Å². The maximum absolute atomic E-state index is 6.39. The van der Waals surface area contributed by atoms with Crippen molar-refractivity contribution < 1.29 is 14.0 Å². The van der Waals surface area contributed by atoms with Gasteiger partial charge in [0, 0.05) is 41.5 Å². The van der Waals surface area contributed by atoms with Crippen molar-refractivity contribution >= 4 is 23.2 Å². The first-order chi connectivity index (χ1) is 22.3. The smallest absolute Gasteiger partial charge is 0.177 e. The molecule has 242 valence electrons. The van der Waals surface area contributed by atoms with Gasteiger partial charge in [-0.15, -0.1) is 0 Å². The number of ether oxygens (including phenoxy) is 2. The van der Waals surface area contributed by atoms with E-state index in [1.165, 1.54) is 0 Å². The molecule has 5 aromatic rings. The Kier molecular flexibility index (Phi) is 11.4. The van der Waals surface area contributed by atoms with Crippen LogP contribution < -0.4 is 9.47 Å². The molecule has 0 atom stereocenters. The van der Waals surface area contributed by atoms with Gasteiger partial charge in [0.1, 0.15) is 29.6 Å². The zero-order valence-electron chi connectivity index (χ0n) is 27.2. The monoisotopic (exact) mass is 660 g/mol. The summed E-state index contributed by atoms with van der Waals surface area (Å²) in [4.78, 5) is 7.45. The van der Waals surface area contributed by atoms with Crippen molar-refractivity contribution in [2.75, 3.05) is 26.2 Å². The first kappa shape index (κ1) is 33.6. The average Bonchev–Trinajstić information content (AvgIpc) is 3.63. The van der Waals surface area contributed by atoms with Gasteiger partial charge in [-0.3, -0.25) is 0 Å². The topological polar surface area (TPSA) is 65.5 Å². The van der Waals surface area contributed by atoms with Crippen LogP contribution in [0.5, 0.6) is 11.5 Å². The molecule has 0 radical (unpaired) electrons. The molecule has 2 aromatic heterocycles.